The van der Waals surface area contributed by atoms with Crippen LogP contribution in [0, 0.1) is 5.92 Å². The first kappa shape index (κ1) is 28.6. The van der Waals surface area contributed by atoms with E-state index in [1.54, 1.807) is 20.1 Å². The summed E-state index contributed by atoms with van der Waals surface area (Å²) in [6.07, 6.45) is 1.56. The monoisotopic (exact) mass is 464 g/mol. The number of carbonyl (C=O) groups is 5. The summed E-state index contributed by atoms with van der Waals surface area (Å²) >= 11 is 1.41. The largest absolute Gasteiger partial charge is 0.481 e. The van der Waals surface area contributed by atoms with E-state index < -0.39 is 66.9 Å². The Hall–Kier alpha value is -2.38. The highest BCUT2D eigenvalue weighted by molar-refractivity contribution is 7.98. The number of hydrogen-bond acceptors (Lipinski definition) is 8. The van der Waals surface area contributed by atoms with Gasteiger partial charge in [-0.2, -0.15) is 11.8 Å². The zero-order valence-electron chi connectivity index (χ0n) is 17.8. The maximum Gasteiger partial charge on any atom is 0.328 e. The van der Waals surface area contributed by atoms with Crippen LogP contribution in [0.15, 0.2) is 0 Å². The van der Waals surface area contributed by atoms with Crippen molar-refractivity contribution in [2.75, 3.05) is 18.6 Å². The summed E-state index contributed by atoms with van der Waals surface area (Å²) in [5.74, 6) is -4.56. The van der Waals surface area contributed by atoms with Crippen molar-refractivity contribution in [2.24, 2.45) is 11.7 Å². The molecule has 0 aliphatic heterocycles. The minimum Gasteiger partial charge on any atom is -0.481 e. The number of thioether (sulfide) groups is 1. The van der Waals surface area contributed by atoms with E-state index in [9.17, 15) is 24.0 Å². The van der Waals surface area contributed by atoms with Crippen LogP contribution in [-0.4, -0.2) is 87.8 Å². The third kappa shape index (κ3) is 11.5. The quantitative estimate of drug-likeness (QED) is 0.143. The molecule has 0 rings (SSSR count). The molecule has 8 N–H and O–H groups in total. The Morgan fingerprint density at radius 3 is 1.87 bits per heavy atom. The van der Waals surface area contributed by atoms with E-state index in [-0.39, 0.29) is 18.8 Å². The Morgan fingerprint density at radius 2 is 1.42 bits per heavy atom. The van der Waals surface area contributed by atoms with E-state index >= 15 is 0 Å². The fraction of sp³-hybridized carbons (Fsp3) is 0.722. The number of aliphatic carboxylic acids is 2. The van der Waals surface area contributed by atoms with Gasteiger partial charge in [-0.25, -0.2) is 4.79 Å². The highest BCUT2D eigenvalue weighted by atomic mass is 32.2. The van der Waals surface area contributed by atoms with Crippen LogP contribution in [0.2, 0.25) is 0 Å². The number of aliphatic hydroxyl groups is 1. The highest BCUT2D eigenvalue weighted by Gasteiger charge is 2.30. The predicted octanol–water partition coefficient (Wildman–Crippen LogP) is -1.88. The lowest BCUT2D eigenvalue weighted by Crippen LogP contribution is -2.57. The first-order valence-electron chi connectivity index (χ1n) is 9.63. The van der Waals surface area contributed by atoms with E-state index in [1.807, 2.05) is 0 Å². The minimum absolute atomic E-state index is 0.0447. The van der Waals surface area contributed by atoms with E-state index in [4.69, 9.17) is 21.1 Å². The van der Waals surface area contributed by atoms with E-state index in [1.165, 1.54) is 11.8 Å². The van der Waals surface area contributed by atoms with Gasteiger partial charge in [-0.3, -0.25) is 19.2 Å². The molecule has 0 aromatic rings. The average molecular weight is 465 g/mol. The lowest BCUT2D eigenvalue weighted by Gasteiger charge is -2.25. The molecule has 3 amide bonds. The van der Waals surface area contributed by atoms with Gasteiger partial charge in [0, 0.05) is 0 Å². The molecule has 178 valence electrons. The second-order valence-corrected chi connectivity index (χ2v) is 8.31. The molecule has 4 atom stereocenters. The van der Waals surface area contributed by atoms with Gasteiger partial charge in [-0.15, -0.1) is 0 Å². The number of hydrogen-bond donors (Lipinski definition) is 7. The van der Waals surface area contributed by atoms with Crippen molar-refractivity contribution in [1.82, 2.24) is 16.0 Å². The fourth-order valence-corrected chi connectivity index (χ4v) is 2.97. The van der Waals surface area contributed by atoms with Gasteiger partial charge in [0.25, 0.3) is 0 Å². The number of carboxylic acids is 2. The summed E-state index contributed by atoms with van der Waals surface area (Å²) in [5, 5.41) is 33.9. The van der Waals surface area contributed by atoms with Crippen LogP contribution in [-0.2, 0) is 24.0 Å². The van der Waals surface area contributed by atoms with Crippen molar-refractivity contribution in [3.63, 3.8) is 0 Å². The van der Waals surface area contributed by atoms with Crippen molar-refractivity contribution >= 4 is 41.4 Å². The van der Waals surface area contributed by atoms with Crippen LogP contribution in [0.1, 0.15) is 33.1 Å². The molecule has 0 aliphatic carbocycles. The Kier molecular flexibility index (Phi) is 13.5. The molecular formula is C18H32N4O8S. The Labute approximate surface area is 184 Å². The summed E-state index contributed by atoms with van der Waals surface area (Å²) in [6, 6.07) is -5.06. The fourth-order valence-electron chi connectivity index (χ4n) is 2.50. The smallest absolute Gasteiger partial charge is 0.328 e. The van der Waals surface area contributed by atoms with Crippen molar-refractivity contribution in [3.8, 4) is 0 Å². The van der Waals surface area contributed by atoms with Gasteiger partial charge < -0.3 is 37.0 Å². The molecule has 12 nitrogen and oxygen atoms in total. The summed E-state index contributed by atoms with van der Waals surface area (Å²) in [7, 11) is 0. The standard InChI is InChI=1S/C18H32N4O8S/c1-9(2)6-12(17(28)22-13(8-23)18(29)30)21-16(27)11(4-5-31-3)20-15(26)10(19)7-14(24)25/h9-13,23H,4-8,19H2,1-3H3,(H,20,26)(H,21,27)(H,22,28)(H,24,25)(H,29,30). The molecule has 13 heteroatoms. The normalized spacial score (nSPS) is 14.8. The zero-order chi connectivity index (χ0) is 24.1. The number of nitrogens with one attached hydrogen (secondary N) is 3. The number of carboxylic acid groups (broad SMARTS) is 2. The number of amides is 3. The molecule has 4 unspecified atom stereocenters. The van der Waals surface area contributed by atoms with Crippen molar-refractivity contribution < 1.29 is 39.3 Å². The third-order valence-corrected chi connectivity index (χ3v) is 4.76. The van der Waals surface area contributed by atoms with E-state index in [0.29, 0.717) is 5.75 Å². The Morgan fingerprint density at radius 1 is 0.903 bits per heavy atom. The Balaban J connectivity index is 5.37. The first-order valence-corrected chi connectivity index (χ1v) is 11.0. The summed E-state index contributed by atoms with van der Waals surface area (Å²) in [5.41, 5.74) is 5.54. The lowest BCUT2D eigenvalue weighted by molar-refractivity contribution is -0.143. The molecular weight excluding hydrogens is 432 g/mol. The van der Waals surface area contributed by atoms with E-state index in [2.05, 4.69) is 16.0 Å². The molecule has 0 saturated carbocycles. The highest BCUT2D eigenvalue weighted by Crippen LogP contribution is 2.08. The van der Waals surface area contributed by atoms with Crippen LogP contribution in [0.3, 0.4) is 0 Å². The molecule has 0 saturated heterocycles. The van der Waals surface area contributed by atoms with Gasteiger partial charge in [0.2, 0.25) is 17.7 Å². The molecule has 31 heavy (non-hydrogen) atoms. The summed E-state index contributed by atoms with van der Waals surface area (Å²) in [6.45, 7) is 2.77. The van der Waals surface area contributed by atoms with Crippen molar-refractivity contribution in [3.05, 3.63) is 0 Å². The third-order valence-electron chi connectivity index (χ3n) is 4.11. The molecule has 0 aromatic carbocycles. The second kappa shape index (κ2) is 14.6. The number of aliphatic hydroxyl groups excluding tert-OH is 1. The number of carbonyl (C=O) groups excluding carboxylic acids is 3. The molecule has 0 aliphatic rings. The maximum atomic E-state index is 12.8. The van der Waals surface area contributed by atoms with Gasteiger partial charge in [0.1, 0.15) is 18.1 Å². The SMILES string of the molecule is CSCCC(NC(=O)C(N)CC(=O)O)C(=O)NC(CC(C)C)C(=O)NC(CO)C(=O)O. The van der Waals surface area contributed by atoms with Crippen LogP contribution in [0.25, 0.3) is 0 Å². The van der Waals surface area contributed by atoms with Crippen LogP contribution < -0.4 is 21.7 Å². The topological polar surface area (TPSA) is 208 Å². The number of nitrogens with two attached hydrogens (primary N) is 1. The molecule has 0 spiro atoms. The number of rotatable bonds is 15. The molecule has 0 aromatic heterocycles. The molecule has 0 bridgehead atoms. The van der Waals surface area contributed by atoms with Gasteiger partial charge in [0.05, 0.1) is 19.1 Å². The van der Waals surface area contributed by atoms with Gasteiger partial charge in [0.15, 0.2) is 0 Å². The van der Waals surface area contributed by atoms with Crippen LogP contribution in [0.5, 0.6) is 0 Å². The molecule has 0 fully saturated rings. The second-order valence-electron chi connectivity index (χ2n) is 7.32. The predicted molar refractivity (Wildman–Crippen MR) is 113 cm³/mol. The maximum absolute atomic E-state index is 12.8. The van der Waals surface area contributed by atoms with Crippen molar-refractivity contribution in [1.29, 1.82) is 0 Å². The van der Waals surface area contributed by atoms with Crippen molar-refractivity contribution in [2.45, 2.75) is 57.3 Å². The van der Waals surface area contributed by atoms with Gasteiger partial charge in [-0.05, 0) is 30.8 Å². The molecule has 0 heterocycles. The summed E-state index contributed by atoms with van der Waals surface area (Å²) in [4.78, 5) is 59.2. The van der Waals surface area contributed by atoms with Crippen LogP contribution >= 0.6 is 11.8 Å². The molecule has 0 radical (unpaired) electrons. The Bertz CT molecular complexity index is 646. The van der Waals surface area contributed by atoms with Gasteiger partial charge in [-0.1, -0.05) is 13.8 Å². The minimum atomic E-state index is -1.53. The zero-order valence-corrected chi connectivity index (χ0v) is 18.6. The summed E-state index contributed by atoms with van der Waals surface area (Å²) < 4.78 is 0. The van der Waals surface area contributed by atoms with E-state index in [0.717, 1.165) is 0 Å². The van der Waals surface area contributed by atoms with Gasteiger partial charge >= 0.3 is 11.9 Å². The van der Waals surface area contributed by atoms with Crippen LogP contribution in [0.4, 0.5) is 0 Å². The average Bonchev–Trinajstić information content (AvgIpc) is 2.66. The first-order chi connectivity index (χ1) is 14.4. The lowest BCUT2D eigenvalue weighted by atomic mass is 10.0.